The highest BCUT2D eigenvalue weighted by Gasteiger charge is 2.22. The fourth-order valence-corrected chi connectivity index (χ4v) is 4.63. The minimum absolute atomic E-state index is 0.217. The summed E-state index contributed by atoms with van der Waals surface area (Å²) in [5, 5.41) is 9.97. The van der Waals surface area contributed by atoms with Crippen LogP contribution in [0.4, 0.5) is 0 Å². The number of nitrogens with one attached hydrogen (secondary N) is 1. The van der Waals surface area contributed by atoms with Crippen LogP contribution in [-0.4, -0.2) is 31.3 Å². The van der Waals surface area contributed by atoms with Gasteiger partial charge in [0.2, 0.25) is 0 Å². The van der Waals surface area contributed by atoms with Crippen molar-refractivity contribution in [3.05, 3.63) is 82.5 Å². The number of hydrogen-bond donors (Lipinski definition) is 1. The van der Waals surface area contributed by atoms with E-state index in [1.54, 1.807) is 18.2 Å². The van der Waals surface area contributed by atoms with Gasteiger partial charge in [-0.1, -0.05) is 29.8 Å². The molecule has 7 heteroatoms. The van der Waals surface area contributed by atoms with Gasteiger partial charge in [-0.3, -0.25) is 0 Å². The molecule has 0 saturated carbocycles. The molecule has 1 atom stereocenters. The van der Waals surface area contributed by atoms with Gasteiger partial charge in [0.25, 0.3) is 0 Å². The zero-order chi connectivity index (χ0) is 20.3. The van der Waals surface area contributed by atoms with Crippen molar-refractivity contribution >= 4 is 27.5 Å². The lowest BCUT2D eigenvalue weighted by molar-refractivity contribution is 0.452. The van der Waals surface area contributed by atoms with Gasteiger partial charge >= 0.3 is 0 Å². The molecule has 1 N–H and O–H groups in total. The summed E-state index contributed by atoms with van der Waals surface area (Å²) in [6, 6.07) is 16.0. The van der Waals surface area contributed by atoms with Crippen LogP contribution in [0.2, 0.25) is 5.02 Å². The van der Waals surface area contributed by atoms with Gasteiger partial charge in [-0.05, 0) is 61.9 Å². The Hall–Kier alpha value is -2.41. The molecule has 0 radical (unpaired) electrons. The first-order valence-corrected chi connectivity index (χ1v) is 11.5. The second-order valence-corrected chi connectivity index (χ2v) is 9.36. The molecule has 1 fully saturated rings. The molecule has 1 aromatic heterocycles. The molecule has 2 heterocycles. The third-order valence-electron chi connectivity index (χ3n) is 5.05. The van der Waals surface area contributed by atoms with Crippen molar-refractivity contribution in [1.82, 2.24) is 15.1 Å². The highest BCUT2D eigenvalue weighted by molar-refractivity contribution is 7.94. The Balaban J connectivity index is 1.70. The SMILES string of the molecule is O=S(=O)(C=Cc1cn(-c2ccccc2)nc1C1CCCNC1)c1ccc(Cl)cc1. The third kappa shape index (κ3) is 4.61. The molecule has 4 rings (SSSR count). The van der Waals surface area contributed by atoms with Gasteiger partial charge in [0.15, 0.2) is 9.84 Å². The van der Waals surface area contributed by atoms with Crippen LogP contribution in [0.25, 0.3) is 11.8 Å². The van der Waals surface area contributed by atoms with E-state index in [0.717, 1.165) is 42.9 Å². The van der Waals surface area contributed by atoms with E-state index in [1.807, 2.05) is 41.2 Å². The molecule has 3 aromatic rings. The molecule has 1 aliphatic rings. The lowest BCUT2D eigenvalue weighted by Gasteiger charge is -2.21. The van der Waals surface area contributed by atoms with E-state index in [2.05, 4.69) is 5.32 Å². The monoisotopic (exact) mass is 427 g/mol. The minimum Gasteiger partial charge on any atom is -0.316 e. The average Bonchev–Trinajstić information content (AvgIpc) is 3.18. The molecule has 5 nitrogen and oxygen atoms in total. The number of piperidine rings is 1. The summed E-state index contributed by atoms with van der Waals surface area (Å²) < 4.78 is 27.2. The Bertz CT molecular complexity index is 1100. The summed E-state index contributed by atoms with van der Waals surface area (Å²) in [5.41, 5.74) is 2.68. The Morgan fingerprint density at radius 1 is 1.10 bits per heavy atom. The standard InChI is InChI=1S/C22H22ClN3O2S/c23-19-8-10-21(11-9-19)29(27,28)14-12-18-16-26(20-6-2-1-3-7-20)25-22(18)17-5-4-13-24-15-17/h1-3,6-12,14,16-17,24H,4-5,13,15H2. The van der Waals surface area contributed by atoms with Crippen LogP contribution in [-0.2, 0) is 9.84 Å². The maximum atomic E-state index is 12.7. The van der Waals surface area contributed by atoms with Crippen LogP contribution in [0, 0.1) is 0 Å². The smallest absolute Gasteiger partial charge is 0.199 e. The predicted octanol–water partition coefficient (Wildman–Crippen LogP) is 4.44. The topological polar surface area (TPSA) is 64.0 Å². The van der Waals surface area contributed by atoms with Gasteiger partial charge in [-0.2, -0.15) is 5.10 Å². The first-order valence-electron chi connectivity index (χ1n) is 9.57. The maximum absolute atomic E-state index is 12.7. The van der Waals surface area contributed by atoms with Gasteiger partial charge in [-0.15, -0.1) is 0 Å². The molecule has 1 saturated heterocycles. The van der Waals surface area contributed by atoms with E-state index in [0.29, 0.717) is 5.02 Å². The number of hydrogen-bond acceptors (Lipinski definition) is 4. The Morgan fingerprint density at radius 2 is 1.86 bits per heavy atom. The fourth-order valence-electron chi connectivity index (χ4n) is 3.51. The quantitative estimate of drug-likeness (QED) is 0.653. The molecule has 1 aliphatic heterocycles. The number of benzene rings is 2. The third-order valence-corrected chi connectivity index (χ3v) is 6.72. The molecular weight excluding hydrogens is 406 g/mol. The van der Waals surface area contributed by atoms with Crippen molar-refractivity contribution in [3.63, 3.8) is 0 Å². The number of sulfone groups is 1. The Morgan fingerprint density at radius 3 is 2.55 bits per heavy atom. The van der Waals surface area contributed by atoms with Crippen LogP contribution in [0.1, 0.15) is 30.0 Å². The van der Waals surface area contributed by atoms with Crippen molar-refractivity contribution in [2.24, 2.45) is 0 Å². The Kier molecular flexibility index (Phi) is 5.85. The van der Waals surface area contributed by atoms with Gasteiger partial charge in [0.05, 0.1) is 16.3 Å². The van der Waals surface area contributed by atoms with Crippen molar-refractivity contribution < 1.29 is 8.42 Å². The lowest BCUT2D eigenvalue weighted by atomic mass is 9.94. The summed E-state index contributed by atoms with van der Waals surface area (Å²) in [7, 11) is -3.57. The van der Waals surface area contributed by atoms with Gasteiger partial charge in [-0.25, -0.2) is 13.1 Å². The van der Waals surface area contributed by atoms with E-state index in [-0.39, 0.29) is 10.8 Å². The van der Waals surface area contributed by atoms with Crippen molar-refractivity contribution in [2.45, 2.75) is 23.7 Å². The number of rotatable bonds is 5. The first-order chi connectivity index (χ1) is 14.0. The normalized spacial score (nSPS) is 17.6. The molecule has 0 spiro atoms. The largest absolute Gasteiger partial charge is 0.316 e. The minimum atomic E-state index is -3.57. The van der Waals surface area contributed by atoms with Crippen LogP contribution in [0.3, 0.4) is 0 Å². The highest BCUT2D eigenvalue weighted by Crippen LogP contribution is 2.28. The van der Waals surface area contributed by atoms with Crippen molar-refractivity contribution in [3.8, 4) is 5.69 Å². The zero-order valence-electron chi connectivity index (χ0n) is 15.8. The maximum Gasteiger partial charge on any atom is 0.199 e. The van der Waals surface area contributed by atoms with Crippen LogP contribution < -0.4 is 5.32 Å². The second kappa shape index (κ2) is 8.53. The summed E-state index contributed by atoms with van der Waals surface area (Å²) in [5.74, 6) is 0.256. The summed E-state index contributed by atoms with van der Waals surface area (Å²) in [4.78, 5) is 0.217. The van der Waals surface area contributed by atoms with E-state index >= 15 is 0 Å². The molecule has 1 unspecified atom stereocenters. The zero-order valence-corrected chi connectivity index (χ0v) is 17.4. The first kappa shape index (κ1) is 19.9. The summed E-state index contributed by atoms with van der Waals surface area (Å²) in [6.45, 7) is 1.85. The Labute approximate surface area is 175 Å². The van der Waals surface area contributed by atoms with E-state index in [1.165, 1.54) is 17.5 Å². The predicted molar refractivity (Wildman–Crippen MR) is 116 cm³/mol. The lowest BCUT2D eigenvalue weighted by Crippen LogP contribution is -2.29. The molecule has 2 aromatic carbocycles. The molecule has 29 heavy (non-hydrogen) atoms. The molecular formula is C22H22ClN3O2S. The van der Waals surface area contributed by atoms with E-state index < -0.39 is 9.84 Å². The van der Waals surface area contributed by atoms with Gasteiger partial charge in [0.1, 0.15) is 0 Å². The van der Waals surface area contributed by atoms with Gasteiger partial charge < -0.3 is 5.32 Å². The van der Waals surface area contributed by atoms with Crippen molar-refractivity contribution in [1.29, 1.82) is 0 Å². The van der Waals surface area contributed by atoms with Crippen LogP contribution >= 0.6 is 11.6 Å². The fraction of sp³-hybridized carbons (Fsp3) is 0.227. The second-order valence-electron chi connectivity index (χ2n) is 7.09. The van der Waals surface area contributed by atoms with Crippen LogP contribution in [0.15, 0.2) is 71.1 Å². The van der Waals surface area contributed by atoms with Crippen molar-refractivity contribution in [2.75, 3.05) is 13.1 Å². The van der Waals surface area contributed by atoms with Crippen LogP contribution in [0.5, 0.6) is 0 Å². The summed E-state index contributed by atoms with van der Waals surface area (Å²) >= 11 is 5.87. The number of halogens is 1. The number of nitrogens with zero attached hydrogens (tertiary/aromatic N) is 2. The molecule has 150 valence electrons. The van der Waals surface area contributed by atoms with E-state index in [9.17, 15) is 8.42 Å². The molecule has 0 amide bonds. The molecule has 0 aliphatic carbocycles. The average molecular weight is 428 g/mol. The summed E-state index contributed by atoms with van der Waals surface area (Å²) in [6.07, 6.45) is 5.66. The highest BCUT2D eigenvalue weighted by atomic mass is 35.5. The van der Waals surface area contributed by atoms with Gasteiger partial charge in [0, 0.05) is 34.7 Å². The number of para-hydroxylation sites is 1. The molecule has 0 bridgehead atoms. The van der Waals surface area contributed by atoms with E-state index in [4.69, 9.17) is 16.7 Å². The number of aromatic nitrogens is 2.